The predicted molar refractivity (Wildman–Crippen MR) is 100 cm³/mol. The summed E-state index contributed by atoms with van der Waals surface area (Å²) in [5, 5.41) is 30.2. The first-order valence-electron chi connectivity index (χ1n) is 10.2. The molecule has 6 nitrogen and oxygen atoms in total. The minimum absolute atomic E-state index is 0.00701. The summed E-state index contributed by atoms with van der Waals surface area (Å²) >= 11 is 0. The van der Waals surface area contributed by atoms with E-state index in [1.807, 2.05) is 13.8 Å². The van der Waals surface area contributed by atoms with Crippen molar-refractivity contribution in [1.82, 2.24) is 0 Å². The van der Waals surface area contributed by atoms with Crippen LogP contribution in [0, 0.1) is 40.4 Å². The molecule has 0 amide bonds. The van der Waals surface area contributed by atoms with E-state index in [1.54, 1.807) is 0 Å². The molecule has 0 saturated heterocycles. The number of hydrogen-bond donors (Lipinski definition) is 3. The number of carbonyl (C=O) groups is 3. The van der Waals surface area contributed by atoms with Crippen LogP contribution in [0.5, 0.6) is 0 Å². The van der Waals surface area contributed by atoms with E-state index >= 15 is 0 Å². The van der Waals surface area contributed by atoms with Gasteiger partial charge in [0.05, 0.1) is 5.41 Å². The maximum absolute atomic E-state index is 12.5. The van der Waals surface area contributed by atoms with Gasteiger partial charge in [0.15, 0.2) is 0 Å². The molecule has 0 spiro atoms. The fourth-order valence-electron chi connectivity index (χ4n) is 7.42. The molecule has 3 fully saturated rings. The molecule has 152 valence electrons. The summed E-state index contributed by atoms with van der Waals surface area (Å²) in [4.78, 5) is 35.9. The van der Waals surface area contributed by atoms with E-state index in [0.717, 1.165) is 24.8 Å². The average Bonchev–Trinajstić information content (AvgIpc) is 2.91. The number of fused-ring (bicyclic) bond motifs is 5. The Morgan fingerprint density at radius 1 is 1.14 bits per heavy atom. The van der Waals surface area contributed by atoms with E-state index in [2.05, 4.69) is 6.92 Å². The largest absolute Gasteiger partial charge is 0.507 e. The molecule has 6 heteroatoms. The van der Waals surface area contributed by atoms with Crippen LogP contribution in [0.4, 0.5) is 0 Å². The fraction of sp³-hybridized carbons (Fsp3) is 0.682. The van der Waals surface area contributed by atoms with Crippen LogP contribution in [0.1, 0.15) is 52.9 Å². The molecule has 4 aliphatic carbocycles. The lowest BCUT2D eigenvalue weighted by Crippen LogP contribution is -2.52. The van der Waals surface area contributed by atoms with Crippen molar-refractivity contribution in [2.45, 2.75) is 52.9 Å². The van der Waals surface area contributed by atoms with E-state index in [-0.39, 0.29) is 34.8 Å². The SMILES string of the molecule is C[C@H]1C[C@H]2[C@@H]3CCC4=CC(=O)C(O)=C(O)[C@]4(C)[C@H]3CC[C@]2(C)[C@H]1C(=O)C(=O)O. The topological polar surface area (TPSA) is 112 Å². The first kappa shape index (κ1) is 19.2. The standard InChI is InChI=1S/C22H28O6/c1-10-8-14-12-5-4-11-9-15(23)17(24)19(26)22(11,3)13(12)6-7-21(14,2)16(10)18(25)20(27)28/h9-10,12-14,16,24,26H,4-8H2,1-3H3,(H,27,28)/t10-,12+,13-,14-,16+,21-,22-/m0/s1. The lowest BCUT2D eigenvalue weighted by molar-refractivity contribution is -0.155. The lowest BCUT2D eigenvalue weighted by Gasteiger charge is -2.57. The summed E-state index contributed by atoms with van der Waals surface area (Å²) < 4.78 is 0. The maximum atomic E-state index is 12.5. The molecular formula is C22H28O6. The molecule has 7 atom stereocenters. The van der Waals surface area contributed by atoms with E-state index < -0.39 is 34.6 Å². The molecule has 0 heterocycles. The third kappa shape index (κ3) is 2.23. The third-order valence-electron chi connectivity index (χ3n) is 8.68. The highest BCUT2D eigenvalue weighted by Gasteiger charge is 2.63. The fourth-order valence-corrected chi connectivity index (χ4v) is 7.42. The van der Waals surface area contributed by atoms with Gasteiger partial charge < -0.3 is 15.3 Å². The zero-order valence-corrected chi connectivity index (χ0v) is 16.6. The van der Waals surface area contributed by atoms with Gasteiger partial charge in [-0.15, -0.1) is 0 Å². The van der Waals surface area contributed by atoms with Gasteiger partial charge in [0.1, 0.15) is 5.76 Å². The summed E-state index contributed by atoms with van der Waals surface area (Å²) in [6, 6.07) is 0. The van der Waals surface area contributed by atoms with Gasteiger partial charge in [-0.25, -0.2) is 4.79 Å². The summed E-state index contributed by atoms with van der Waals surface area (Å²) in [7, 11) is 0. The van der Waals surface area contributed by atoms with Crippen molar-refractivity contribution in [3.05, 3.63) is 23.2 Å². The number of aliphatic hydroxyl groups is 2. The Morgan fingerprint density at radius 3 is 2.46 bits per heavy atom. The van der Waals surface area contributed by atoms with E-state index in [9.17, 15) is 29.7 Å². The molecule has 0 radical (unpaired) electrons. The first-order valence-corrected chi connectivity index (χ1v) is 10.2. The Hall–Kier alpha value is -2.11. The number of Topliss-reactive ketones (excluding diaryl/α,β-unsaturated/α-hetero) is 1. The second-order valence-corrected chi connectivity index (χ2v) is 9.75. The van der Waals surface area contributed by atoms with Gasteiger partial charge in [-0.3, -0.25) is 9.59 Å². The number of hydrogen-bond acceptors (Lipinski definition) is 5. The molecule has 4 rings (SSSR count). The van der Waals surface area contributed by atoms with Gasteiger partial charge in [-0.1, -0.05) is 19.4 Å². The quantitative estimate of drug-likeness (QED) is 0.623. The summed E-state index contributed by atoms with van der Waals surface area (Å²) in [6.07, 6.45) is 5.23. The Bertz CT molecular complexity index is 838. The molecule has 0 aromatic heterocycles. The van der Waals surface area contributed by atoms with Gasteiger partial charge in [0, 0.05) is 5.92 Å². The highest BCUT2D eigenvalue weighted by atomic mass is 16.4. The summed E-state index contributed by atoms with van der Waals surface area (Å²) in [5.41, 5.74) is -0.248. The minimum atomic E-state index is -1.35. The Morgan fingerprint density at radius 2 is 1.82 bits per heavy atom. The number of aliphatic carboxylic acids is 1. The van der Waals surface area contributed by atoms with E-state index in [0.29, 0.717) is 12.8 Å². The summed E-state index contributed by atoms with van der Waals surface area (Å²) in [5.74, 6) is -3.34. The molecule has 3 saturated carbocycles. The molecule has 0 unspecified atom stereocenters. The number of rotatable bonds is 2. The van der Waals surface area contributed by atoms with Crippen molar-refractivity contribution in [3.63, 3.8) is 0 Å². The normalized spacial score (nSPS) is 45.0. The third-order valence-corrected chi connectivity index (χ3v) is 8.68. The van der Waals surface area contributed by atoms with Gasteiger partial charge in [-0.05, 0) is 74.2 Å². The molecule has 4 aliphatic rings. The zero-order chi connectivity index (χ0) is 20.6. The Labute approximate surface area is 164 Å². The number of aliphatic hydroxyl groups excluding tert-OH is 2. The smallest absolute Gasteiger partial charge is 0.372 e. The van der Waals surface area contributed by atoms with Gasteiger partial charge >= 0.3 is 5.97 Å². The van der Waals surface area contributed by atoms with E-state index in [1.165, 1.54) is 6.08 Å². The number of carboxylic acid groups (broad SMARTS) is 1. The molecule has 3 N–H and O–H groups in total. The van der Waals surface area contributed by atoms with Gasteiger partial charge in [0.2, 0.25) is 17.3 Å². The van der Waals surface area contributed by atoms with E-state index in [4.69, 9.17) is 0 Å². The molecule has 0 aromatic carbocycles. The number of ketones is 2. The van der Waals surface area contributed by atoms with Gasteiger partial charge in [-0.2, -0.15) is 0 Å². The molecule has 0 aromatic rings. The highest BCUT2D eigenvalue weighted by Crippen LogP contribution is 2.68. The Kier molecular flexibility index (Phi) is 4.08. The van der Waals surface area contributed by atoms with Crippen LogP contribution in [0.25, 0.3) is 0 Å². The van der Waals surface area contributed by atoms with Crippen LogP contribution >= 0.6 is 0 Å². The second kappa shape index (κ2) is 5.94. The van der Waals surface area contributed by atoms with Crippen LogP contribution in [-0.2, 0) is 14.4 Å². The number of allylic oxidation sites excluding steroid dienone is 2. The van der Waals surface area contributed by atoms with Crippen LogP contribution in [0.3, 0.4) is 0 Å². The predicted octanol–water partition coefficient (Wildman–Crippen LogP) is 3.58. The molecule has 28 heavy (non-hydrogen) atoms. The van der Waals surface area contributed by atoms with Crippen LogP contribution in [-0.4, -0.2) is 32.9 Å². The zero-order valence-electron chi connectivity index (χ0n) is 16.6. The second-order valence-electron chi connectivity index (χ2n) is 9.75. The highest BCUT2D eigenvalue weighted by molar-refractivity contribution is 6.33. The van der Waals surface area contributed by atoms with Crippen molar-refractivity contribution >= 4 is 17.5 Å². The monoisotopic (exact) mass is 388 g/mol. The van der Waals surface area contributed by atoms with Crippen molar-refractivity contribution in [1.29, 1.82) is 0 Å². The maximum Gasteiger partial charge on any atom is 0.372 e. The van der Waals surface area contributed by atoms with Crippen molar-refractivity contribution in [2.75, 3.05) is 0 Å². The molecule has 0 bridgehead atoms. The van der Waals surface area contributed by atoms with Crippen molar-refractivity contribution < 1.29 is 29.7 Å². The van der Waals surface area contributed by atoms with Crippen molar-refractivity contribution in [2.24, 2.45) is 40.4 Å². The Balaban J connectivity index is 1.73. The van der Waals surface area contributed by atoms with Crippen LogP contribution in [0.15, 0.2) is 23.2 Å². The van der Waals surface area contributed by atoms with Gasteiger partial charge in [0.25, 0.3) is 0 Å². The number of carboxylic acids is 1. The summed E-state index contributed by atoms with van der Waals surface area (Å²) in [6.45, 7) is 5.95. The molecular weight excluding hydrogens is 360 g/mol. The minimum Gasteiger partial charge on any atom is -0.507 e. The average molecular weight is 388 g/mol. The number of carbonyl (C=O) groups excluding carboxylic acids is 2. The van der Waals surface area contributed by atoms with Crippen molar-refractivity contribution in [3.8, 4) is 0 Å². The van der Waals surface area contributed by atoms with Crippen LogP contribution < -0.4 is 0 Å². The molecule has 0 aliphatic heterocycles. The lowest BCUT2D eigenvalue weighted by atomic mass is 9.47. The van der Waals surface area contributed by atoms with Crippen LogP contribution in [0.2, 0.25) is 0 Å². The first-order chi connectivity index (χ1) is 13.0.